The van der Waals surface area contributed by atoms with Crippen molar-refractivity contribution in [1.29, 1.82) is 0 Å². The van der Waals surface area contributed by atoms with Crippen molar-refractivity contribution in [2.24, 2.45) is 0 Å². The maximum atomic E-state index is 11.8. The largest absolute Gasteiger partial charge is 0.477 e. The van der Waals surface area contributed by atoms with Crippen LogP contribution in [-0.4, -0.2) is 27.1 Å². The molecule has 0 fully saturated rings. The molecule has 0 saturated carbocycles. The minimum atomic E-state index is -1.01. The molecule has 2 rings (SSSR count). The fourth-order valence-electron chi connectivity index (χ4n) is 1.65. The second-order valence-electron chi connectivity index (χ2n) is 4.23. The van der Waals surface area contributed by atoms with Gasteiger partial charge in [-0.15, -0.1) is 11.3 Å². The molecule has 2 N–H and O–H groups in total. The predicted octanol–water partition coefficient (Wildman–Crippen LogP) is 1.56. The summed E-state index contributed by atoms with van der Waals surface area (Å²) in [5.41, 5.74) is 0.992. The zero-order valence-corrected chi connectivity index (χ0v) is 11.7. The summed E-state index contributed by atoms with van der Waals surface area (Å²) in [6.07, 6.45) is 1.51. The molecular weight excluding hydrogens is 282 g/mol. The third-order valence-electron chi connectivity index (χ3n) is 2.59. The molecule has 1 unspecified atom stereocenters. The Balaban J connectivity index is 2.01. The highest BCUT2D eigenvalue weighted by Crippen LogP contribution is 2.23. The van der Waals surface area contributed by atoms with Crippen LogP contribution in [0.5, 0.6) is 0 Å². The van der Waals surface area contributed by atoms with Gasteiger partial charge in [-0.25, -0.2) is 9.78 Å². The number of hydrogen-bond donors (Lipinski definition) is 2. The number of carbonyl (C=O) groups is 2. The van der Waals surface area contributed by atoms with Gasteiger partial charge in [-0.1, -0.05) is 5.16 Å². The molecule has 2 heterocycles. The average Bonchev–Trinajstić information content (AvgIpc) is 2.98. The molecule has 8 heteroatoms. The number of carboxylic acids is 1. The molecule has 0 aliphatic carbocycles. The molecular formula is C12H13N3O4S. The third-order valence-corrected chi connectivity index (χ3v) is 3.92. The van der Waals surface area contributed by atoms with Gasteiger partial charge in [0.25, 0.3) is 0 Å². The SMILES string of the molecule is Cc1nc(C(C)NC(=O)Cc2ccon2)sc1C(=O)O. The average molecular weight is 295 g/mol. The van der Waals surface area contributed by atoms with E-state index in [1.807, 2.05) is 0 Å². The van der Waals surface area contributed by atoms with Gasteiger partial charge < -0.3 is 14.9 Å². The number of thiazole rings is 1. The number of carbonyl (C=O) groups excluding carboxylic acids is 1. The van der Waals surface area contributed by atoms with E-state index < -0.39 is 5.97 Å². The summed E-state index contributed by atoms with van der Waals surface area (Å²) < 4.78 is 4.64. The Bertz CT molecular complexity index is 621. The Kier molecular flexibility index (Phi) is 4.14. The lowest BCUT2D eigenvalue weighted by atomic mass is 10.2. The third kappa shape index (κ3) is 3.21. The number of hydrogen-bond acceptors (Lipinski definition) is 6. The summed E-state index contributed by atoms with van der Waals surface area (Å²) in [5, 5.41) is 15.9. The summed E-state index contributed by atoms with van der Waals surface area (Å²) in [6.45, 7) is 3.39. The number of rotatable bonds is 5. The highest BCUT2D eigenvalue weighted by atomic mass is 32.1. The maximum Gasteiger partial charge on any atom is 0.347 e. The van der Waals surface area contributed by atoms with Gasteiger partial charge in [0, 0.05) is 6.07 Å². The van der Waals surface area contributed by atoms with Crippen LogP contribution in [0.3, 0.4) is 0 Å². The fraction of sp³-hybridized carbons (Fsp3) is 0.333. The van der Waals surface area contributed by atoms with E-state index in [0.717, 1.165) is 11.3 Å². The van der Waals surface area contributed by atoms with Gasteiger partial charge in [0.1, 0.15) is 16.1 Å². The first kappa shape index (κ1) is 14.2. The van der Waals surface area contributed by atoms with Crippen molar-refractivity contribution in [2.75, 3.05) is 0 Å². The topological polar surface area (TPSA) is 105 Å². The standard InChI is InChI=1S/C12H13N3O4S/c1-6-10(12(17)18)20-11(14-6)7(2)13-9(16)5-8-3-4-19-15-8/h3-4,7H,5H2,1-2H3,(H,13,16)(H,17,18). The molecule has 0 aliphatic rings. The summed E-state index contributed by atoms with van der Waals surface area (Å²) in [5.74, 6) is -1.23. The molecule has 1 amide bonds. The van der Waals surface area contributed by atoms with Gasteiger partial charge in [-0.3, -0.25) is 4.79 Å². The Morgan fingerprint density at radius 3 is 2.85 bits per heavy atom. The van der Waals surface area contributed by atoms with Crippen LogP contribution in [0, 0.1) is 6.92 Å². The first-order valence-corrected chi connectivity index (χ1v) is 6.68. The Morgan fingerprint density at radius 1 is 1.55 bits per heavy atom. The molecule has 20 heavy (non-hydrogen) atoms. The van der Waals surface area contributed by atoms with Crippen molar-refractivity contribution in [3.8, 4) is 0 Å². The summed E-state index contributed by atoms with van der Waals surface area (Å²) in [4.78, 5) is 27.1. The van der Waals surface area contributed by atoms with Crippen molar-refractivity contribution >= 4 is 23.2 Å². The van der Waals surface area contributed by atoms with Crippen molar-refractivity contribution in [1.82, 2.24) is 15.5 Å². The van der Waals surface area contributed by atoms with Crippen LogP contribution in [0.4, 0.5) is 0 Å². The Hall–Kier alpha value is -2.22. The second kappa shape index (κ2) is 5.83. The van der Waals surface area contributed by atoms with E-state index in [9.17, 15) is 9.59 Å². The van der Waals surface area contributed by atoms with E-state index in [1.165, 1.54) is 6.26 Å². The molecule has 7 nitrogen and oxygen atoms in total. The van der Waals surface area contributed by atoms with Crippen LogP contribution in [-0.2, 0) is 11.2 Å². The van der Waals surface area contributed by atoms with E-state index in [-0.39, 0.29) is 23.2 Å². The minimum Gasteiger partial charge on any atom is -0.477 e. The van der Waals surface area contributed by atoms with E-state index in [0.29, 0.717) is 16.4 Å². The van der Waals surface area contributed by atoms with Gasteiger partial charge in [0.2, 0.25) is 5.91 Å². The molecule has 0 spiro atoms. The van der Waals surface area contributed by atoms with Crippen LogP contribution in [0.1, 0.15) is 39.0 Å². The van der Waals surface area contributed by atoms with Gasteiger partial charge in [-0.05, 0) is 13.8 Å². The van der Waals surface area contributed by atoms with Crippen LogP contribution < -0.4 is 5.32 Å². The van der Waals surface area contributed by atoms with Gasteiger partial charge in [0.05, 0.1) is 23.9 Å². The molecule has 2 aromatic rings. The van der Waals surface area contributed by atoms with Gasteiger partial charge in [-0.2, -0.15) is 0 Å². The first-order valence-electron chi connectivity index (χ1n) is 5.86. The lowest BCUT2D eigenvalue weighted by molar-refractivity contribution is -0.121. The van der Waals surface area contributed by atoms with Crippen molar-refractivity contribution < 1.29 is 19.2 Å². The number of nitrogens with one attached hydrogen (secondary N) is 1. The Labute approximate surface area is 118 Å². The quantitative estimate of drug-likeness (QED) is 0.867. The van der Waals surface area contributed by atoms with Crippen molar-refractivity contribution in [3.63, 3.8) is 0 Å². The molecule has 2 aromatic heterocycles. The minimum absolute atomic E-state index is 0.108. The lowest BCUT2D eigenvalue weighted by Gasteiger charge is -2.10. The molecule has 0 bridgehead atoms. The molecule has 0 aliphatic heterocycles. The monoisotopic (exact) mass is 295 g/mol. The summed E-state index contributed by atoms with van der Waals surface area (Å²) >= 11 is 1.07. The van der Waals surface area contributed by atoms with E-state index in [2.05, 4.69) is 20.0 Å². The predicted molar refractivity (Wildman–Crippen MR) is 70.6 cm³/mol. The normalized spacial score (nSPS) is 12.1. The second-order valence-corrected chi connectivity index (χ2v) is 5.26. The van der Waals surface area contributed by atoms with E-state index in [1.54, 1.807) is 19.9 Å². The molecule has 1 atom stereocenters. The number of aromatic carboxylic acids is 1. The zero-order chi connectivity index (χ0) is 14.7. The first-order chi connectivity index (χ1) is 9.47. The van der Waals surface area contributed by atoms with Crippen molar-refractivity contribution in [2.45, 2.75) is 26.3 Å². The number of aryl methyl sites for hydroxylation is 1. The summed E-state index contributed by atoms with van der Waals surface area (Å²) in [7, 11) is 0. The number of carboxylic acid groups (broad SMARTS) is 1. The van der Waals surface area contributed by atoms with E-state index in [4.69, 9.17) is 5.11 Å². The molecule has 0 saturated heterocycles. The van der Waals surface area contributed by atoms with Crippen LogP contribution in [0.25, 0.3) is 0 Å². The molecule has 106 valence electrons. The fourth-order valence-corrected chi connectivity index (χ4v) is 2.56. The Morgan fingerprint density at radius 2 is 2.30 bits per heavy atom. The number of amides is 1. The lowest BCUT2D eigenvalue weighted by Crippen LogP contribution is -2.28. The van der Waals surface area contributed by atoms with Gasteiger partial charge in [0.15, 0.2) is 0 Å². The van der Waals surface area contributed by atoms with Crippen molar-refractivity contribution in [3.05, 3.63) is 33.6 Å². The molecule has 0 aromatic carbocycles. The highest BCUT2D eigenvalue weighted by molar-refractivity contribution is 7.13. The number of nitrogens with zero attached hydrogens (tertiary/aromatic N) is 2. The van der Waals surface area contributed by atoms with Crippen LogP contribution in [0.15, 0.2) is 16.9 Å². The zero-order valence-electron chi connectivity index (χ0n) is 10.9. The number of aromatic nitrogens is 2. The van der Waals surface area contributed by atoms with Crippen LogP contribution in [0.2, 0.25) is 0 Å². The summed E-state index contributed by atoms with van der Waals surface area (Å²) in [6, 6.07) is 1.26. The highest BCUT2D eigenvalue weighted by Gasteiger charge is 2.19. The van der Waals surface area contributed by atoms with Gasteiger partial charge >= 0.3 is 5.97 Å². The molecule has 0 radical (unpaired) electrons. The van der Waals surface area contributed by atoms with Crippen LogP contribution >= 0.6 is 11.3 Å². The van der Waals surface area contributed by atoms with E-state index >= 15 is 0 Å². The maximum absolute atomic E-state index is 11.8. The smallest absolute Gasteiger partial charge is 0.347 e.